The van der Waals surface area contributed by atoms with Crippen LogP contribution in [0.25, 0.3) is 0 Å². The molecule has 2 aromatic carbocycles. The van der Waals surface area contributed by atoms with Gasteiger partial charge in [-0.3, -0.25) is 9.59 Å². The van der Waals surface area contributed by atoms with E-state index in [1.165, 1.54) is 29.2 Å². The van der Waals surface area contributed by atoms with Gasteiger partial charge in [-0.05, 0) is 61.4 Å². The minimum atomic E-state index is -0.381. The minimum absolute atomic E-state index is 0.118. The molecule has 0 aliphatic carbocycles. The lowest BCUT2D eigenvalue weighted by Gasteiger charge is -2.17. The van der Waals surface area contributed by atoms with Crippen molar-refractivity contribution in [2.24, 2.45) is 0 Å². The molecule has 1 fully saturated rings. The van der Waals surface area contributed by atoms with E-state index in [1.54, 1.807) is 31.3 Å². The summed E-state index contributed by atoms with van der Waals surface area (Å²) in [6.07, 6.45) is 2.19. The molecule has 3 rings (SSSR count). The third kappa shape index (κ3) is 5.53. The average Bonchev–Trinajstić information content (AvgIpc) is 3.21. The van der Waals surface area contributed by atoms with Crippen LogP contribution in [0.2, 0.25) is 0 Å². The molecule has 0 bridgehead atoms. The summed E-state index contributed by atoms with van der Waals surface area (Å²) >= 11 is 0. The number of amides is 2. The van der Waals surface area contributed by atoms with E-state index in [9.17, 15) is 14.0 Å². The first-order chi connectivity index (χ1) is 13.5. The Balaban J connectivity index is 1.49. The van der Waals surface area contributed by atoms with Gasteiger partial charge in [0.1, 0.15) is 18.2 Å². The van der Waals surface area contributed by atoms with Gasteiger partial charge in [-0.1, -0.05) is 0 Å². The second-order valence-electron chi connectivity index (χ2n) is 6.69. The number of hydrogen-bond donors (Lipinski definition) is 1. The van der Waals surface area contributed by atoms with Crippen molar-refractivity contribution >= 4 is 17.5 Å². The molecule has 1 aliphatic rings. The summed E-state index contributed by atoms with van der Waals surface area (Å²) in [5.41, 5.74) is 0.932. The average molecular weight is 386 g/mol. The second kappa shape index (κ2) is 9.32. The fraction of sp³-hybridized carbons (Fsp3) is 0.333. The fourth-order valence-corrected chi connectivity index (χ4v) is 2.90. The summed E-state index contributed by atoms with van der Waals surface area (Å²) in [7, 11) is 1.55. The molecule has 0 radical (unpaired) electrons. The van der Waals surface area contributed by atoms with Gasteiger partial charge in [0.25, 0.3) is 5.91 Å². The van der Waals surface area contributed by atoms with E-state index in [1.807, 2.05) is 0 Å². The van der Waals surface area contributed by atoms with Gasteiger partial charge in [0.05, 0.1) is 12.6 Å². The quantitative estimate of drug-likeness (QED) is 0.794. The molecule has 1 atom stereocenters. The third-order valence-corrected chi connectivity index (χ3v) is 4.42. The van der Waals surface area contributed by atoms with Gasteiger partial charge in [-0.2, -0.15) is 0 Å². The van der Waals surface area contributed by atoms with E-state index in [-0.39, 0.29) is 30.3 Å². The number of nitrogens with zero attached hydrogens (tertiary/aromatic N) is 1. The van der Waals surface area contributed by atoms with E-state index < -0.39 is 0 Å². The molecule has 1 aliphatic heterocycles. The lowest BCUT2D eigenvalue weighted by Crippen LogP contribution is -2.34. The first kappa shape index (κ1) is 19.8. The first-order valence-corrected chi connectivity index (χ1v) is 9.16. The van der Waals surface area contributed by atoms with Crippen molar-refractivity contribution in [3.05, 3.63) is 59.9 Å². The van der Waals surface area contributed by atoms with Gasteiger partial charge in [0.2, 0.25) is 5.91 Å². The van der Waals surface area contributed by atoms with E-state index in [0.717, 1.165) is 19.4 Å². The van der Waals surface area contributed by atoms with Crippen molar-refractivity contribution < 1.29 is 23.5 Å². The summed E-state index contributed by atoms with van der Waals surface area (Å²) in [6, 6.07) is 12.2. The predicted molar refractivity (Wildman–Crippen MR) is 103 cm³/mol. The Morgan fingerprint density at radius 1 is 1.18 bits per heavy atom. The monoisotopic (exact) mass is 386 g/mol. The number of ether oxygens (including phenoxy) is 2. The van der Waals surface area contributed by atoms with Gasteiger partial charge < -0.3 is 19.7 Å². The van der Waals surface area contributed by atoms with Crippen LogP contribution in [-0.2, 0) is 9.53 Å². The Labute approximate surface area is 163 Å². The van der Waals surface area contributed by atoms with Crippen molar-refractivity contribution in [1.82, 2.24) is 4.90 Å². The maximum Gasteiger partial charge on any atom is 0.254 e. The second-order valence-corrected chi connectivity index (χ2v) is 6.69. The summed E-state index contributed by atoms with van der Waals surface area (Å²) in [4.78, 5) is 25.9. The van der Waals surface area contributed by atoms with Crippen LogP contribution in [0.15, 0.2) is 48.5 Å². The standard InChI is InChI=1S/C21H23FN2O4/c1-24(13-20(25)23-17-8-6-16(22)7-9-17)21(26)15-4-10-18(11-5-15)28-14-19-3-2-12-27-19/h4-11,19H,2-3,12-14H2,1H3,(H,23,25)/t19-/m1/s1. The van der Waals surface area contributed by atoms with Crippen LogP contribution < -0.4 is 10.1 Å². The van der Waals surface area contributed by atoms with E-state index in [2.05, 4.69) is 5.32 Å². The number of carbonyl (C=O) groups excluding carboxylic acids is 2. The zero-order chi connectivity index (χ0) is 19.9. The highest BCUT2D eigenvalue weighted by Crippen LogP contribution is 2.17. The lowest BCUT2D eigenvalue weighted by molar-refractivity contribution is -0.116. The highest BCUT2D eigenvalue weighted by atomic mass is 19.1. The number of nitrogens with one attached hydrogen (secondary N) is 1. The van der Waals surface area contributed by atoms with Crippen molar-refractivity contribution in [2.45, 2.75) is 18.9 Å². The molecular weight excluding hydrogens is 363 g/mol. The summed E-state index contributed by atoms with van der Waals surface area (Å²) in [6.45, 7) is 1.16. The zero-order valence-electron chi connectivity index (χ0n) is 15.7. The van der Waals surface area contributed by atoms with Crippen molar-refractivity contribution in [3.63, 3.8) is 0 Å². The minimum Gasteiger partial charge on any atom is -0.491 e. The Kier molecular flexibility index (Phi) is 6.60. The van der Waals surface area contributed by atoms with E-state index in [0.29, 0.717) is 23.6 Å². The van der Waals surface area contributed by atoms with Crippen molar-refractivity contribution in [2.75, 3.05) is 32.1 Å². The number of anilines is 1. The Morgan fingerprint density at radius 3 is 2.54 bits per heavy atom. The van der Waals surface area contributed by atoms with Crippen LogP contribution in [0, 0.1) is 5.82 Å². The largest absolute Gasteiger partial charge is 0.491 e. The molecule has 1 heterocycles. The first-order valence-electron chi connectivity index (χ1n) is 9.16. The molecule has 0 spiro atoms. The Morgan fingerprint density at radius 2 is 1.89 bits per heavy atom. The van der Waals surface area contributed by atoms with Crippen molar-refractivity contribution in [1.29, 1.82) is 0 Å². The number of rotatable bonds is 7. The molecule has 0 unspecified atom stereocenters. The zero-order valence-corrected chi connectivity index (χ0v) is 15.7. The predicted octanol–water partition coefficient (Wildman–Crippen LogP) is 3.09. The maximum atomic E-state index is 12.9. The maximum absolute atomic E-state index is 12.9. The summed E-state index contributed by atoms with van der Waals surface area (Å²) in [5.74, 6) is -0.351. The van der Waals surface area contributed by atoms with Gasteiger partial charge in [-0.15, -0.1) is 0 Å². The highest BCUT2D eigenvalue weighted by molar-refractivity contribution is 5.99. The van der Waals surface area contributed by atoms with Crippen LogP contribution in [0.3, 0.4) is 0 Å². The number of likely N-dealkylation sites (N-methyl/N-ethyl adjacent to an activating group) is 1. The molecule has 0 aromatic heterocycles. The number of halogens is 1. The third-order valence-electron chi connectivity index (χ3n) is 4.42. The Hall–Kier alpha value is -2.93. The molecular formula is C21H23FN2O4. The van der Waals surface area contributed by atoms with E-state index in [4.69, 9.17) is 9.47 Å². The fourth-order valence-electron chi connectivity index (χ4n) is 2.90. The molecule has 2 amide bonds. The van der Waals surface area contributed by atoms with Crippen LogP contribution in [-0.4, -0.2) is 49.6 Å². The van der Waals surface area contributed by atoms with Crippen LogP contribution >= 0.6 is 0 Å². The smallest absolute Gasteiger partial charge is 0.254 e. The van der Waals surface area contributed by atoms with Crippen molar-refractivity contribution in [3.8, 4) is 5.75 Å². The van der Waals surface area contributed by atoms with Crippen LogP contribution in [0.5, 0.6) is 5.75 Å². The highest BCUT2D eigenvalue weighted by Gasteiger charge is 2.17. The van der Waals surface area contributed by atoms with Gasteiger partial charge >= 0.3 is 0 Å². The molecule has 1 N–H and O–H groups in total. The van der Waals surface area contributed by atoms with Crippen LogP contribution in [0.4, 0.5) is 10.1 Å². The summed E-state index contributed by atoms with van der Waals surface area (Å²) in [5, 5.41) is 2.63. The van der Waals surface area contributed by atoms with E-state index >= 15 is 0 Å². The molecule has 148 valence electrons. The number of benzene rings is 2. The lowest BCUT2D eigenvalue weighted by atomic mass is 10.2. The normalized spacial score (nSPS) is 15.9. The topological polar surface area (TPSA) is 67.9 Å². The van der Waals surface area contributed by atoms with Gasteiger partial charge in [0, 0.05) is 24.9 Å². The molecule has 6 nitrogen and oxygen atoms in total. The van der Waals surface area contributed by atoms with Crippen LogP contribution in [0.1, 0.15) is 23.2 Å². The SMILES string of the molecule is CN(CC(=O)Nc1ccc(F)cc1)C(=O)c1ccc(OC[C@H]2CCCO2)cc1. The molecule has 28 heavy (non-hydrogen) atoms. The van der Waals surface area contributed by atoms with Gasteiger partial charge in [-0.25, -0.2) is 4.39 Å². The molecule has 1 saturated heterocycles. The van der Waals surface area contributed by atoms with Gasteiger partial charge in [0.15, 0.2) is 0 Å². The Bertz CT molecular complexity index is 802. The molecule has 2 aromatic rings. The number of hydrogen-bond acceptors (Lipinski definition) is 4. The summed E-state index contributed by atoms with van der Waals surface area (Å²) < 4.78 is 24.1. The molecule has 7 heteroatoms. The number of carbonyl (C=O) groups is 2. The molecule has 0 saturated carbocycles.